The van der Waals surface area contributed by atoms with Crippen LogP contribution in [0.2, 0.25) is 0 Å². The number of thiophene rings is 1. The first-order chi connectivity index (χ1) is 12.5. The Bertz CT molecular complexity index is 904. The second-order valence-corrected chi connectivity index (χ2v) is 6.73. The molecule has 1 aliphatic rings. The van der Waals surface area contributed by atoms with Gasteiger partial charge < -0.3 is 15.0 Å². The van der Waals surface area contributed by atoms with Gasteiger partial charge in [-0.25, -0.2) is 9.18 Å². The highest BCUT2D eigenvalue weighted by atomic mass is 32.1. The molecule has 0 radical (unpaired) electrons. The number of ether oxygens (including phenoxy) is 1. The molecule has 8 heteroatoms. The summed E-state index contributed by atoms with van der Waals surface area (Å²) in [4.78, 5) is 26.6. The van der Waals surface area contributed by atoms with Gasteiger partial charge in [-0.1, -0.05) is 12.1 Å². The largest absolute Gasteiger partial charge is 0.450 e. The highest BCUT2D eigenvalue weighted by Crippen LogP contribution is 2.37. The van der Waals surface area contributed by atoms with E-state index >= 15 is 0 Å². The van der Waals surface area contributed by atoms with Gasteiger partial charge in [0.1, 0.15) is 16.9 Å². The van der Waals surface area contributed by atoms with Crippen molar-refractivity contribution in [2.75, 3.05) is 18.5 Å². The number of halogens is 1. The van der Waals surface area contributed by atoms with Gasteiger partial charge in [0.05, 0.1) is 24.3 Å². The van der Waals surface area contributed by atoms with Crippen LogP contribution in [-0.4, -0.2) is 30.1 Å². The highest BCUT2D eigenvalue weighted by molar-refractivity contribution is 7.16. The molecule has 2 heterocycles. The van der Waals surface area contributed by atoms with Gasteiger partial charge in [-0.15, -0.1) is 11.3 Å². The van der Waals surface area contributed by atoms with Gasteiger partial charge in [0.2, 0.25) is 0 Å². The Hall–Kier alpha value is -2.92. The molecular formula is C18H16FN3O3S. The zero-order valence-corrected chi connectivity index (χ0v) is 14.9. The number of hydrogen-bond acceptors (Lipinski definition) is 5. The van der Waals surface area contributed by atoms with E-state index < -0.39 is 17.8 Å². The molecule has 26 heavy (non-hydrogen) atoms. The number of amides is 2. The van der Waals surface area contributed by atoms with E-state index in [0.717, 1.165) is 10.4 Å². The second-order valence-electron chi connectivity index (χ2n) is 5.62. The van der Waals surface area contributed by atoms with Gasteiger partial charge in [-0.05, 0) is 31.0 Å². The molecule has 0 bridgehead atoms. The summed E-state index contributed by atoms with van der Waals surface area (Å²) in [6, 6.07) is 7.77. The third-order valence-corrected chi connectivity index (χ3v) is 5.17. The fourth-order valence-corrected chi connectivity index (χ4v) is 4.00. The maximum atomic E-state index is 13.8. The van der Waals surface area contributed by atoms with Crippen molar-refractivity contribution in [3.8, 4) is 6.07 Å². The van der Waals surface area contributed by atoms with Gasteiger partial charge in [0.25, 0.3) is 5.91 Å². The number of hydrogen-bond donors (Lipinski definition) is 1. The zero-order valence-electron chi connectivity index (χ0n) is 14.0. The average molecular weight is 373 g/mol. The normalized spacial score (nSPS) is 12.9. The number of benzene rings is 1. The molecule has 1 aromatic carbocycles. The third kappa shape index (κ3) is 3.39. The number of nitrogens with zero attached hydrogens (tertiary/aromatic N) is 2. The van der Waals surface area contributed by atoms with Crippen molar-refractivity contribution in [1.29, 1.82) is 5.26 Å². The molecule has 0 fully saturated rings. The van der Waals surface area contributed by atoms with Gasteiger partial charge in [-0.3, -0.25) is 4.79 Å². The van der Waals surface area contributed by atoms with Crippen molar-refractivity contribution in [2.24, 2.45) is 0 Å². The molecule has 1 aliphatic heterocycles. The number of carbonyl (C=O) groups excluding carboxylic acids is 2. The minimum atomic E-state index is -0.627. The Balaban J connectivity index is 1.84. The number of anilines is 1. The summed E-state index contributed by atoms with van der Waals surface area (Å²) >= 11 is 1.23. The summed E-state index contributed by atoms with van der Waals surface area (Å²) in [5.41, 5.74) is 1.11. The molecule has 6 nitrogen and oxygen atoms in total. The van der Waals surface area contributed by atoms with E-state index in [-0.39, 0.29) is 5.56 Å². The smallest absolute Gasteiger partial charge is 0.410 e. The molecular weight excluding hydrogens is 357 g/mol. The first-order valence-electron chi connectivity index (χ1n) is 8.07. The number of carbonyl (C=O) groups is 2. The lowest BCUT2D eigenvalue weighted by atomic mass is 10.0. The van der Waals surface area contributed by atoms with Crippen molar-refractivity contribution < 1.29 is 18.7 Å². The van der Waals surface area contributed by atoms with Gasteiger partial charge in [0.15, 0.2) is 0 Å². The number of nitrogens with one attached hydrogen (secondary N) is 1. The van der Waals surface area contributed by atoms with Gasteiger partial charge in [-0.2, -0.15) is 5.26 Å². The fourth-order valence-electron chi connectivity index (χ4n) is 2.80. The lowest BCUT2D eigenvalue weighted by molar-refractivity contribution is 0.101. The van der Waals surface area contributed by atoms with Crippen LogP contribution in [-0.2, 0) is 17.7 Å². The Morgan fingerprint density at radius 2 is 2.19 bits per heavy atom. The maximum Gasteiger partial charge on any atom is 0.410 e. The van der Waals surface area contributed by atoms with Gasteiger partial charge >= 0.3 is 6.09 Å². The fraction of sp³-hybridized carbons (Fsp3) is 0.278. The molecule has 134 valence electrons. The molecule has 0 aliphatic carbocycles. The van der Waals surface area contributed by atoms with E-state index in [9.17, 15) is 19.2 Å². The van der Waals surface area contributed by atoms with Crippen molar-refractivity contribution in [2.45, 2.75) is 19.9 Å². The molecule has 0 saturated carbocycles. The summed E-state index contributed by atoms with van der Waals surface area (Å²) in [5, 5.41) is 12.5. The minimum absolute atomic E-state index is 0.0871. The second kappa shape index (κ2) is 7.54. The highest BCUT2D eigenvalue weighted by Gasteiger charge is 2.28. The SMILES string of the molecule is CCOC(=O)N1CCc2c(sc(NC(=O)c3ccccc3F)c2C#N)C1. The van der Waals surface area contributed by atoms with Crippen LogP contribution in [0.3, 0.4) is 0 Å². The zero-order chi connectivity index (χ0) is 18.7. The molecule has 0 spiro atoms. The molecule has 0 saturated heterocycles. The predicted octanol–water partition coefficient (Wildman–Crippen LogP) is 3.53. The monoisotopic (exact) mass is 373 g/mol. The van der Waals surface area contributed by atoms with E-state index in [1.54, 1.807) is 17.9 Å². The Morgan fingerprint density at radius 1 is 1.42 bits per heavy atom. The molecule has 0 unspecified atom stereocenters. The number of rotatable bonds is 3. The number of fused-ring (bicyclic) bond motifs is 1. The predicted molar refractivity (Wildman–Crippen MR) is 94.5 cm³/mol. The summed E-state index contributed by atoms with van der Waals surface area (Å²) in [6.07, 6.45) is 0.102. The van der Waals surface area contributed by atoms with Crippen molar-refractivity contribution in [1.82, 2.24) is 4.90 Å². The van der Waals surface area contributed by atoms with E-state index in [1.165, 1.54) is 29.5 Å². The standard InChI is InChI=1S/C18H16FN3O3S/c1-2-25-18(24)22-8-7-11-13(9-20)17(26-15(11)10-22)21-16(23)12-5-3-4-6-14(12)19/h3-6H,2,7-8,10H2,1H3,(H,21,23). The molecule has 3 rings (SSSR count). The lowest BCUT2D eigenvalue weighted by Crippen LogP contribution is -2.35. The van der Waals surface area contributed by atoms with Crippen LogP contribution in [0.25, 0.3) is 0 Å². The van der Waals surface area contributed by atoms with Crippen molar-refractivity contribution in [3.05, 3.63) is 51.7 Å². The first-order valence-corrected chi connectivity index (χ1v) is 8.89. The first kappa shape index (κ1) is 17.9. The van der Waals surface area contributed by atoms with Gasteiger partial charge in [0, 0.05) is 11.4 Å². The maximum absolute atomic E-state index is 13.8. The average Bonchev–Trinajstić information content (AvgIpc) is 2.98. The Labute approximate surface area is 153 Å². The molecule has 1 aromatic heterocycles. The summed E-state index contributed by atoms with van der Waals surface area (Å²) in [6.45, 7) is 2.80. The number of nitriles is 1. The van der Waals surface area contributed by atoms with Crippen molar-refractivity contribution in [3.63, 3.8) is 0 Å². The van der Waals surface area contributed by atoms with Crippen LogP contribution < -0.4 is 5.32 Å². The van der Waals surface area contributed by atoms with Crippen LogP contribution in [0.4, 0.5) is 14.2 Å². The third-order valence-electron chi connectivity index (χ3n) is 4.04. The molecule has 2 amide bonds. The molecule has 2 aromatic rings. The lowest BCUT2D eigenvalue weighted by Gasteiger charge is -2.25. The topological polar surface area (TPSA) is 82.4 Å². The van der Waals surface area contributed by atoms with E-state index in [2.05, 4.69) is 11.4 Å². The van der Waals surface area contributed by atoms with Crippen LogP contribution in [0, 0.1) is 17.1 Å². The van der Waals surface area contributed by atoms with Crippen LogP contribution in [0.5, 0.6) is 0 Å². The Morgan fingerprint density at radius 3 is 2.88 bits per heavy atom. The summed E-state index contributed by atoms with van der Waals surface area (Å²) in [7, 11) is 0. The summed E-state index contributed by atoms with van der Waals surface area (Å²) < 4.78 is 18.8. The van der Waals surface area contributed by atoms with Crippen LogP contribution in [0.1, 0.15) is 33.3 Å². The quantitative estimate of drug-likeness (QED) is 0.892. The van der Waals surface area contributed by atoms with E-state index in [4.69, 9.17) is 4.74 Å². The Kier molecular flexibility index (Phi) is 5.19. The van der Waals surface area contributed by atoms with Crippen LogP contribution in [0.15, 0.2) is 24.3 Å². The minimum Gasteiger partial charge on any atom is -0.450 e. The summed E-state index contributed by atoms with van der Waals surface area (Å²) in [5.74, 6) is -1.24. The van der Waals surface area contributed by atoms with Crippen LogP contribution >= 0.6 is 11.3 Å². The van der Waals surface area contributed by atoms with Crippen molar-refractivity contribution >= 4 is 28.3 Å². The van der Waals surface area contributed by atoms with E-state index in [0.29, 0.717) is 36.7 Å². The molecule has 0 atom stereocenters. The molecule has 1 N–H and O–H groups in total. The van der Waals surface area contributed by atoms with E-state index in [1.807, 2.05) is 0 Å².